The van der Waals surface area contributed by atoms with E-state index in [1.807, 2.05) is 48.5 Å². The van der Waals surface area contributed by atoms with E-state index in [2.05, 4.69) is 20.5 Å². The molecule has 1 N–H and O–H groups in total. The average Bonchev–Trinajstić information content (AvgIpc) is 3.26. The van der Waals surface area contributed by atoms with Gasteiger partial charge in [0.2, 0.25) is 5.13 Å². The van der Waals surface area contributed by atoms with Gasteiger partial charge in [-0.2, -0.15) is 0 Å². The molecule has 0 fully saturated rings. The van der Waals surface area contributed by atoms with Gasteiger partial charge in [-0.3, -0.25) is 19.5 Å². The molecule has 0 bridgehead atoms. The van der Waals surface area contributed by atoms with Crippen molar-refractivity contribution >= 4 is 33.3 Å². The number of anilines is 1. The number of amides is 1. The third-order valence-corrected chi connectivity index (χ3v) is 6.06. The van der Waals surface area contributed by atoms with Crippen LogP contribution in [-0.4, -0.2) is 25.7 Å². The summed E-state index contributed by atoms with van der Waals surface area (Å²) in [4.78, 5) is 30.2. The molecule has 8 heteroatoms. The van der Waals surface area contributed by atoms with Crippen LogP contribution in [0.4, 0.5) is 5.13 Å². The number of carbonyl (C=O) groups excluding carboxylic acids is 1. The summed E-state index contributed by atoms with van der Waals surface area (Å²) in [6, 6.07) is 24.1. The Kier molecular flexibility index (Phi) is 5.50. The summed E-state index contributed by atoms with van der Waals surface area (Å²) >= 11 is 1.35. The van der Waals surface area contributed by atoms with E-state index in [9.17, 15) is 9.59 Å². The number of fused-ring (bicyclic) bond motifs is 1. The highest BCUT2D eigenvalue weighted by Gasteiger charge is 2.13. The molecule has 7 nitrogen and oxygen atoms in total. The second-order valence-electron chi connectivity index (χ2n) is 7.48. The summed E-state index contributed by atoms with van der Waals surface area (Å²) in [5.41, 5.74) is 2.76. The highest BCUT2D eigenvalue weighted by atomic mass is 32.1. The lowest BCUT2D eigenvalue weighted by atomic mass is 10.2. The van der Waals surface area contributed by atoms with Crippen molar-refractivity contribution in [2.75, 3.05) is 5.32 Å². The molecule has 2 aromatic heterocycles. The van der Waals surface area contributed by atoms with E-state index >= 15 is 0 Å². The Morgan fingerprint density at radius 1 is 0.939 bits per heavy atom. The predicted molar refractivity (Wildman–Crippen MR) is 129 cm³/mol. The number of nitrogens with one attached hydrogen (secondary N) is 1. The van der Waals surface area contributed by atoms with Crippen LogP contribution in [0.5, 0.6) is 0 Å². The van der Waals surface area contributed by atoms with E-state index < -0.39 is 0 Å². The molecule has 0 spiro atoms. The Hall–Kier alpha value is -4.17. The Labute approximate surface area is 193 Å². The largest absolute Gasteiger partial charge is 0.296 e. The van der Waals surface area contributed by atoms with E-state index in [1.165, 1.54) is 11.3 Å². The lowest BCUT2D eigenvalue weighted by Gasteiger charge is -2.11. The highest BCUT2D eigenvalue weighted by molar-refractivity contribution is 7.15. The molecule has 33 heavy (non-hydrogen) atoms. The minimum atomic E-state index is -0.287. The molecule has 3 aromatic carbocycles. The summed E-state index contributed by atoms with van der Waals surface area (Å²) in [6.45, 7) is 1.79. The monoisotopic (exact) mass is 453 g/mol. The normalized spacial score (nSPS) is 10.9. The minimum Gasteiger partial charge on any atom is -0.296 e. The zero-order chi connectivity index (χ0) is 22.8. The highest BCUT2D eigenvalue weighted by Crippen LogP contribution is 2.20. The molecule has 162 valence electrons. The molecule has 0 unspecified atom stereocenters. The smallest absolute Gasteiger partial charge is 0.265 e. The number of carbonyl (C=O) groups is 1. The van der Waals surface area contributed by atoms with Crippen LogP contribution in [0.25, 0.3) is 16.6 Å². The fraction of sp³-hybridized carbons (Fsp3) is 0.0800. The molecule has 2 heterocycles. The maximum atomic E-state index is 13.0. The van der Waals surface area contributed by atoms with E-state index in [1.54, 1.807) is 41.8 Å². The van der Waals surface area contributed by atoms with Crippen LogP contribution in [0.2, 0.25) is 0 Å². The first-order chi connectivity index (χ1) is 16.1. The van der Waals surface area contributed by atoms with Crippen molar-refractivity contribution in [2.45, 2.75) is 13.3 Å². The molecule has 5 aromatic rings. The van der Waals surface area contributed by atoms with Gasteiger partial charge < -0.3 is 0 Å². The molecule has 5 rings (SSSR count). The van der Waals surface area contributed by atoms with Crippen LogP contribution in [0.1, 0.15) is 26.8 Å². The van der Waals surface area contributed by atoms with Crippen molar-refractivity contribution in [3.05, 3.63) is 111 Å². The first kappa shape index (κ1) is 20.7. The lowest BCUT2D eigenvalue weighted by Crippen LogP contribution is -2.22. The molecule has 0 saturated heterocycles. The van der Waals surface area contributed by atoms with Crippen molar-refractivity contribution in [1.82, 2.24) is 19.7 Å². The summed E-state index contributed by atoms with van der Waals surface area (Å²) < 4.78 is 1.55. The SMILES string of the molecule is Cc1nc2ccccc2c(=O)n1-c1ccc(C(=O)Nc2nnc(Cc3ccccc3)s2)cc1. The van der Waals surface area contributed by atoms with Crippen molar-refractivity contribution in [2.24, 2.45) is 0 Å². The summed E-state index contributed by atoms with van der Waals surface area (Å²) in [7, 11) is 0. The second kappa shape index (κ2) is 8.76. The molecule has 0 aliphatic heterocycles. The Balaban J connectivity index is 1.34. The van der Waals surface area contributed by atoms with Crippen LogP contribution in [0.15, 0.2) is 83.7 Å². The summed E-state index contributed by atoms with van der Waals surface area (Å²) in [5, 5.41) is 12.9. The Morgan fingerprint density at radius 2 is 1.67 bits per heavy atom. The fourth-order valence-electron chi connectivity index (χ4n) is 3.63. The van der Waals surface area contributed by atoms with Gasteiger partial charge >= 0.3 is 0 Å². The molecule has 0 aliphatic rings. The van der Waals surface area contributed by atoms with Gasteiger partial charge in [-0.25, -0.2) is 4.98 Å². The van der Waals surface area contributed by atoms with Crippen LogP contribution in [0.3, 0.4) is 0 Å². The van der Waals surface area contributed by atoms with Crippen LogP contribution < -0.4 is 10.9 Å². The molecule has 0 saturated carbocycles. The van der Waals surface area contributed by atoms with E-state index in [4.69, 9.17) is 0 Å². The number of aryl methyl sites for hydroxylation is 1. The molecular weight excluding hydrogens is 434 g/mol. The van der Waals surface area contributed by atoms with Gasteiger partial charge in [-0.1, -0.05) is 53.8 Å². The summed E-state index contributed by atoms with van der Waals surface area (Å²) in [6.07, 6.45) is 0.664. The van der Waals surface area contributed by atoms with Gasteiger partial charge in [-0.05, 0) is 48.9 Å². The van der Waals surface area contributed by atoms with Crippen molar-refractivity contribution in [3.8, 4) is 5.69 Å². The summed E-state index contributed by atoms with van der Waals surface area (Å²) in [5.74, 6) is 0.292. The van der Waals surface area contributed by atoms with E-state index in [0.29, 0.717) is 39.5 Å². The van der Waals surface area contributed by atoms with Crippen molar-refractivity contribution in [1.29, 1.82) is 0 Å². The standard InChI is InChI=1S/C25H19N5O2S/c1-16-26-21-10-6-5-9-20(21)24(32)30(16)19-13-11-18(12-14-19)23(31)27-25-29-28-22(33-25)15-17-7-3-2-4-8-17/h2-14H,15H2,1H3,(H,27,29,31). The Morgan fingerprint density at radius 3 is 2.45 bits per heavy atom. The van der Waals surface area contributed by atoms with Gasteiger partial charge in [0.1, 0.15) is 10.8 Å². The van der Waals surface area contributed by atoms with Crippen LogP contribution in [0, 0.1) is 6.92 Å². The van der Waals surface area contributed by atoms with Crippen LogP contribution in [-0.2, 0) is 6.42 Å². The third kappa shape index (κ3) is 4.28. The first-order valence-electron chi connectivity index (χ1n) is 10.3. The van der Waals surface area contributed by atoms with Gasteiger partial charge in [0.15, 0.2) is 0 Å². The van der Waals surface area contributed by atoms with E-state index in [0.717, 1.165) is 10.6 Å². The number of hydrogen-bond acceptors (Lipinski definition) is 6. The first-order valence-corrected chi connectivity index (χ1v) is 11.2. The number of nitrogens with zero attached hydrogens (tertiary/aromatic N) is 4. The minimum absolute atomic E-state index is 0.143. The van der Waals surface area contributed by atoms with Crippen LogP contribution >= 0.6 is 11.3 Å². The number of aromatic nitrogens is 4. The van der Waals surface area contributed by atoms with E-state index in [-0.39, 0.29) is 11.5 Å². The predicted octanol–water partition coefficient (Wildman–Crippen LogP) is 4.39. The molecule has 0 aliphatic carbocycles. The van der Waals surface area contributed by atoms with Crippen molar-refractivity contribution in [3.63, 3.8) is 0 Å². The zero-order valence-corrected chi connectivity index (χ0v) is 18.5. The zero-order valence-electron chi connectivity index (χ0n) is 17.7. The number of benzene rings is 3. The molecule has 0 radical (unpaired) electrons. The Bertz CT molecular complexity index is 1510. The maximum Gasteiger partial charge on any atom is 0.265 e. The topological polar surface area (TPSA) is 89.8 Å². The number of rotatable bonds is 5. The quantitative estimate of drug-likeness (QED) is 0.426. The van der Waals surface area contributed by atoms with Gasteiger partial charge in [0.25, 0.3) is 11.5 Å². The second-order valence-corrected chi connectivity index (χ2v) is 8.54. The fourth-order valence-corrected chi connectivity index (χ4v) is 4.39. The maximum absolute atomic E-state index is 13.0. The third-order valence-electron chi connectivity index (χ3n) is 5.22. The molecule has 0 atom stereocenters. The van der Waals surface area contributed by atoms with Gasteiger partial charge in [0, 0.05) is 12.0 Å². The van der Waals surface area contributed by atoms with Gasteiger partial charge in [-0.15, -0.1) is 10.2 Å². The molecule has 1 amide bonds. The lowest BCUT2D eigenvalue weighted by molar-refractivity contribution is 0.102. The number of hydrogen-bond donors (Lipinski definition) is 1. The van der Waals surface area contributed by atoms with Gasteiger partial charge in [0.05, 0.1) is 16.6 Å². The number of para-hydroxylation sites is 1. The molecular formula is C25H19N5O2S. The van der Waals surface area contributed by atoms with Crippen molar-refractivity contribution < 1.29 is 4.79 Å². The average molecular weight is 454 g/mol.